The summed E-state index contributed by atoms with van der Waals surface area (Å²) in [4.78, 5) is 4.03. The first kappa shape index (κ1) is 11.3. The zero-order valence-corrected chi connectivity index (χ0v) is 9.50. The Bertz CT molecular complexity index is 351. The predicted molar refractivity (Wildman–Crippen MR) is 60.3 cm³/mol. The number of nitrogens with zero attached hydrogens (tertiary/aromatic N) is 1. The Morgan fingerprint density at radius 2 is 2.44 bits per heavy atom. The largest absolute Gasteiger partial charge is 0.492 e. The van der Waals surface area contributed by atoms with E-state index in [9.17, 15) is 4.39 Å². The minimum Gasteiger partial charge on any atom is -0.492 e. The van der Waals surface area contributed by atoms with Gasteiger partial charge in [-0.05, 0) is 25.5 Å². The Morgan fingerprint density at radius 3 is 3.12 bits per heavy atom. The van der Waals surface area contributed by atoms with Crippen molar-refractivity contribution in [3.8, 4) is 5.75 Å². The maximum Gasteiger partial charge on any atom is 0.151 e. The SMILES string of the molecule is CCCOc1cncc(C2(F)CCNC2)c1. The molecule has 1 atom stereocenters. The molecule has 1 aromatic heterocycles. The molecular formula is C12H17FN2O. The molecule has 3 nitrogen and oxygen atoms in total. The van der Waals surface area contributed by atoms with E-state index in [-0.39, 0.29) is 0 Å². The Balaban J connectivity index is 2.15. The van der Waals surface area contributed by atoms with E-state index in [1.807, 2.05) is 6.92 Å². The summed E-state index contributed by atoms with van der Waals surface area (Å²) in [5.41, 5.74) is -0.662. The molecule has 0 bridgehead atoms. The fourth-order valence-corrected chi connectivity index (χ4v) is 1.87. The van der Waals surface area contributed by atoms with E-state index in [1.165, 1.54) is 0 Å². The van der Waals surface area contributed by atoms with Crippen LogP contribution in [0, 0.1) is 0 Å². The van der Waals surface area contributed by atoms with Gasteiger partial charge in [-0.3, -0.25) is 4.98 Å². The Morgan fingerprint density at radius 1 is 1.56 bits per heavy atom. The van der Waals surface area contributed by atoms with Crippen molar-refractivity contribution in [2.75, 3.05) is 19.7 Å². The number of hydrogen-bond donors (Lipinski definition) is 1. The summed E-state index contributed by atoms with van der Waals surface area (Å²) in [5, 5.41) is 3.03. The Kier molecular flexibility index (Phi) is 3.39. The lowest BCUT2D eigenvalue weighted by molar-refractivity contribution is 0.191. The highest BCUT2D eigenvalue weighted by molar-refractivity contribution is 5.29. The number of halogens is 1. The number of pyridine rings is 1. The monoisotopic (exact) mass is 224 g/mol. The number of alkyl halides is 1. The van der Waals surface area contributed by atoms with Gasteiger partial charge in [-0.25, -0.2) is 4.39 Å². The first-order valence-corrected chi connectivity index (χ1v) is 5.72. The summed E-state index contributed by atoms with van der Waals surface area (Å²) in [6.45, 7) is 3.76. The molecule has 0 aromatic carbocycles. The van der Waals surface area contributed by atoms with Crippen molar-refractivity contribution in [2.45, 2.75) is 25.4 Å². The van der Waals surface area contributed by atoms with Gasteiger partial charge in [-0.2, -0.15) is 0 Å². The predicted octanol–water partition coefficient (Wildman–Crippen LogP) is 2.03. The van der Waals surface area contributed by atoms with Crippen LogP contribution in [-0.2, 0) is 5.67 Å². The van der Waals surface area contributed by atoms with Gasteiger partial charge in [0.15, 0.2) is 5.67 Å². The fraction of sp³-hybridized carbons (Fsp3) is 0.583. The van der Waals surface area contributed by atoms with Crippen molar-refractivity contribution in [3.63, 3.8) is 0 Å². The van der Waals surface area contributed by atoms with Crippen LogP contribution in [-0.4, -0.2) is 24.7 Å². The summed E-state index contributed by atoms with van der Waals surface area (Å²) in [7, 11) is 0. The molecule has 1 aliphatic heterocycles. The number of aromatic nitrogens is 1. The van der Waals surface area contributed by atoms with Crippen LogP contribution in [0.3, 0.4) is 0 Å². The average molecular weight is 224 g/mol. The van der Waals surface area contributed by atoms with Gasteiger partial charge in [0, 0.05) is 18.3 Å². The van der Waals surface area contributed by atoms with E-state index in [0.29, 0.717) is 30.9 Å². The lowest BCUT2D eigenvalue weighted by Gasteiger charge is -2.18. The molecule has 0 radical (unpaired) electrons. The first-order chi connectivity index (χ1) is 7.74. The first-order valence-electron chi connectivity index (χ1n) is 5.72. The van der Waals surface area contributed by atoms with E-state index in [1.54, 1.807) is 18.5 Å². The molecular weight excluding hydrogens is 207 g/mol. The third-order valence-electron chi connectivity index (χ3n) is 2.81. The quantitative estimate of drug-likeness (QED) is 0.849. The van der Waals surface area contributed by atoms with Crippen LogP contribution in [0.5, 0.6) is 5.75 Å². The van der Waals surface area contributed by atoms with E-state index >= 15 is 0 Å². The molecule has 1 aliphatic rings. The van der Waals surface area contributed by atoms with Crippen LogP contribution in [0.25, 0.3) is 0 Å². The molecule has 1 unspecified atom stereocenters. The van der Waals surface area contributed by atoms with Gasteiger partial charge in [0.05, 0.1) is 12.8 Å². The molecule has 0 saturated carbocycles. The van der Waals surface area contributed by atoms with Crippen molar-refractivity contribution in [3.05, 3.63) is 24.0 Å². The maximum atomic E-state index is 14.4. The molecule has 2 heterocycles. The van der Waals surface area contributed by atoms with Gasteiger partial charge >= 0.3 is 0 Å². The molecule has 1 saturated heterocycles. The number of rotatable bonds is 4. The second-order valence-corrected chi connectivity index (χ2v) is 4.15. The summed E-state index contributed by atoms with van der Waals surface area (Å²) in [6.07, 6.45) is 4.66. The highest BCUT2D eigenvalue weighted by Crippen LogP contribution is 2.33. The molecule has 0 amide bonds. The number of nitrogens with one attached hydrogen (secondary N) is 1. The van der Waals surface area contributed by atoms with Crippen LogP contribution >= 0.6 is 0 Å². The van der Waals surface area contributed by atoms with E-state index in [2.05, 4.69) is 10.3 Å². The number of hydrogen-bond acceptors (Lipinski definition) is 3. The smallest absolute Gasteiger partial charge is 0.151 e. The number of ether oxygens (including phenoxy) is 1. The topological polar surface area (TPSA) is 34.1 Å². The van der Waals surface area contributed by atoms with E-state index in [4.69, 9.17) is 4.74 Å². The van der Waals surface area contributed by atoms with E-state index in [0.717, 1.165) is 13.0 Å². The van der Waals surface area contributed by atoms with Gasteiger partial charge in [-0.1, -0.05) is 6.92 Å². The Labute approximate surface area is 95.0 Å². The van der Waals surface area contributed by atoms with Crippen LogP contribution in [0.4, 0.5) is 4.39 Å². The average Bonchev–Trinajstić information content (AvgIpc) is 2.75. The molecule has 1 aromatic rings. The van der Waals surface area contributed by atoms with Gasteiger partial charge < -0.3 is 10.1 Å². The fourth-order valence-electron chi connectivity index (χ4n) is 1.87. The second-order valence-electron chi connectivity index (χ2n) is 4.15. The van der Waals surface area contributed by atoms with Gasteiger partial charge in [0.25, 0.3) is 0 Å². The minimum absolute atomic E-state index is 0.367. The zero-order valence-electron chi connectivity index (χ0n) is 9.50. The van der Waals surface area contributed by atoms with Crippen molar-refractivity contribution < 1.29 is 9.13 Å². The molecule has 88 valence electrons. The second kappa shape index (κ2) is 4.78. The summed E-state index contributed by atoms with van der Waals surface area (Å²) >= 11 is 0. The summed E-state index contributed by atoms with van der Waals surface area (Å²) in [5.74, 6) is 0.656. The molecule has 4 heteroatoms. The minimum atomic E-state index is -1.28. The van der Waals surface area contributed by atoms with E-state index < -0.39 is 5.67 Å². The summed E-state index contributed by atoms with van der Waals surface area (Å²) < 4.78 is 19.8. The van der Waals surface area contributed by atoms with Crippen molar-refractivity contribution >= 4 is 0 Å². The lowest BCUT2D eigenvalue weighted by atomic mass is 9.97. The zero-order chi connectivity index (χ0) is 11.4. The van der Waals surface area contributed by atoms with Crippen molar-refractivity contribution in [2.24, 2.45) is 0 Å². The van der Waals surface area contributed by atoms with Crippen LogP contribution in [0.15, 0.2) is 18.5 Å². The van der Waals surface area contributed by atoms with Crippen molar-refractivity contribution in [1.29, 1.82) is 0 Å². The Hall–Kier alpha value is -1.16. The molecule has 16 heavy (non-hydrogen) atoms. The lowest BCUT2D eigenvalue weighted by Crippen LogP contribution is -2.23. The highest BCUT2D eigenvalue weighted by Gasteiger charge is 2.36. The maximum absolute atomic E-state index is 14.4. The standard InChI is InChI=1S/C12H17FN2O/c1-2-5-16-11-6-10(7-15-8-11)12(13)3-4-14-9-12/h6-8,14H,2-5,9H2,1H3. The van der Waals surface area contributed by atoms with Crippen LogP contribution in [0.2, 0.25) is 0 Å². The van der Waals surface area contributed by atoms with Gasteiger partial charge in [0.1, 0.15) is 5.75 Å². The van der Waals surface area contributed by atoms with Gasteiger partial charge in [-0.15, -0.1) is 0 Å². The third kappa shape index (κ3) is 2.32. The molecule has 1 N–H and O–H groups in total. The molecule has 0 spiro atoms. The summed E-state index contributed by atoms with van der Waals surface area (Å²) in [6, 6.07) is 1.76. The molecule has 2 rings (SSSR count). The highest BCUT2D eigenvalue weighted by atomic mass is 19.1. The van der Waals surface area contributed by atoms with Crippen LogP contribution < -0.4 is 10.1 Å². The van der Waals surface area contributed by atoms with Gasteiger partial charge in [0.2, 0.25) is 0 Å². The molecule has 0 aliphatic carbocycles. The normalized spacial score (nSPS) is 24.6. The molecule has 1 fully saturated rings. The van der Waals surface area contributed by atoms with Crippen molar-refractivity contribution in [1.82, 2.24) is 10.3 Å². The third-order valence-corrected chi connectivity index (χ3v) is 2.81. The van der Waals surface area contributed by atoms with Crippen LogP contribution in [0.1, 0.15) is 25.3 Å².